The minimum Gasteiger partial charge on any atom is -0.497 e. The van der Waals surface area contributed by atoms with Crippen LogP contribution in [0.5, 0.6) is 5.75 Å². The third-order valence-corrected chi connectivity index (χ3v) is 2.13. The summed E-state index contributed by atoms with van der Waals surface area (Å²) in [6, 6.07) is 4.46. The Labute approximate surface area is 100 Å². The minimum absolute atomic E-state index is 0.343. The molecule has 0 aliphatic carbocycles. The van der Waals surface area contributed by atoms with Gasteiger partial charge in [0, 0.05) is 20.3 Å². The summed E-state index contributed by atoms with van der Waals surface area (Å²) in [6.45, 7) is 0.345. The third-order valence-electron chi connectivity index (χ3n) is 2.13. The Balaban J connectivity index is 2.65. The summed E-state index contributed by atoms with van der Waals surface area (Å²) < 4.78 is 28.0. The average Bonchev–Trinajstić information content (AvgIpc) is 2.34. The molecular weight excluding hydrogens is 225 g/mol. The van der Waals surface area contributed by atoms with Crippen molar-refractivity contribution >= 4 is 6.21 Å². The second-order valence-corrected chi connectivity index (χ2v) is 3.33. The fourth-order valence-corrected chi connectivity index (χ4v) is 1.29. The predicted molar refractivity (Wildman–Crippen MR) is 63.0 cm³/mol. The van der Waals surface area contributed by atoms with Gasteiger partial charge in [-0.2, -0.15) is 0 Å². The first-order chi connectivity index (χ1) is 8.19. The summed E-state index contributed by atoms with van der Waals surface area (Å²) in [5, 5.41) is 0. The van der Waals surface area contributed by atoms with Crippen molar-refractivity contribution in [2.45, 2.75) is 12.8 Å². The molecular formula is C12H16FNO3. The molecule has 0 heterocycles. The molecule has 5 heteroatoms. The lowest BCUT2D eigenvalue weighted by atomic mass is 10.2. The van der Waals surface area contributed by atoms with Gasteiger partial charge in [0.05, 0.1) is 19.9 Å². The SMILES string of the molecule is COc1cc(F)cc(C/N=C/C(OC)OC)c1. The van der Waals surface area contributed by atoms with E-state index in [1.165, 1.54) is 39.7 Å². The molecule has 1 rings (SSSR count). The molecule has 0 bridgehead atoms. The largest absolute Gasteiger partial charge is 0.497 e. The second kappa shape index (κ2) is 6.98. The van der Waals surface area contributed by atoms with Gasteiger partial charge in [-0.15, -0.1) is 0 Å². The first kappa shape index (κ1) is 13.6. The lowest BCUT2D eigenvalue weighted by Gasteiger charge is -2.07. The van der Waals surface area contributed by atoms with Crippen LogP contribution in [0.1, 0.15) is 5.56 Å². The molecule has 0 N–H and O–H groups in total. The van der Waals surface area contributed by atoms with Crippen LogP contribution >= 0.6 is 0 Å². The van der Waals surface area contributed by atoms with E-state index >= 15 is 0 Å². The Morgan fingerprint density at radius 2 is 1.94 bits per heavy atom. The van der Waals surface area contributed by atoms with Gasteiger partial charge in [0.2, 0.25) is 0 Å². The molecule has 0 atom stereocenters. The predicted octanol–water partition coefficient (Wildman–Crippen LogP) is 2.02. The average molecular weight is 241 g/mol. The number of benzene rings is 1. The highest BCUT2D eigenvalue weighted by atomic mass is 19.1. The Morgan fingerprint density at radius 1 is 1.24 bits per heavy atom. The molecule has 0 unspecified atom stereocenters. The zero-order chi connectivity index (χ0) is 12.7. The van der Waals surface area contributed by atoms with Crippen molar-refractivity contribution in [3.05, 3.63) is 29.6 Å². The van der Waals surface area contributed by atoms with Gasteiger partial charge in [-0.3, -0.25) is 4.99 Å². The van der Waals surface area contributed by atoms with Crippen molar-refractivity contribution in [1.82, 2.24) is 0 Å². The van der Waals surface area contributed by atoms with E-state index in [0.717, 1.165) is 5.56 Å². The van der Waals surface area contributed by atoms with E-state index < -0.39 is 6.29 Å². The molecule has 0 aliphatic rings. The number of nitrogens with zero attached hydrogens (tertiary/aromatic N) is 1. The minimum atomic E-state index is -0.481. The van der Waals surface area contributed by atoms with Crippen LogP contribution in [-0.4, -0.2) is 33.8 Å². The highest BCUT2D eigenvalue weighted by Gasteiger charge is 2.01. The van der Waals surface area contributed by atoms with E-state index in [1.54, 1.807) is 6.07 Å². The van der Waals surface area contributed by atoms with Crippen LogP contribution < -0.4 is 4.74 Å². The standard InChI is InChI=1S/C12H16FNO3/c1-15-11-5-9(4-10(13)6-11)7-14-8-12(16-2)17-3/h4-6,8,12H,7H2,1-3H3/b14-8+. The van der Waals surface area contributed by atoms with Crippen LogP contribution in [0.15, 0.2) is 23.2 Å². The fraction of sp³-hybridized carbons (Fsp3) is 0.417. The van der Waals surface area contributed by atoms with Gasteiger partial charge in [0.15, 0.2) is 6.29 Å². The number of hydrogen-bond acceptors (Lipinski definition) is 4. The maximum Gasteiger partial charge on any atom is 0.193 e. The first-order valence-electron chi connectivity index (χ1n) is 5.08. The number of aliphatic imine (C=N–C) groups is 1. The first-order valence-corrected chi connectivity index (χ1v) is 5.08. The Bertz CT molecular complexity index is 378. The third kappa shape index (κ3) is 4.50. The molecule has 17 heavy (non-hydrogen) atoms. The second-order valence-electron chi connectivity index (χ2n) is 3.33. The van der Waals surface area contributed by atoms with Crippen molar-refractivity contribution < 1.29 is 18.6 Å². The molecule has 0 saturated carbocycles. The lowest BCUT2D eigenvalue weighted by Crippen LogP contribution is -2.14. The molecule has 0 fully saturated rings. The summed E-state index contributed by atoms with van der Waals surface area (Å²) in [5.41, 5.74) is 0.726. The van der Waals surface area contributed by atoms with Crippen molar-refractivity contribution in [3.63, 3.8) is 0 Å². The quantitative estimate of drug-likeness (QED) is 0.565. The van der Waals surface area contributed by atoms with Crippen LogP contribution in [0.25, 0.3) is 0 Å². The van der Waals surface area contributed by atoms with E-state index in [1.807, 2.05) is 0 Å². The van der Waals surface area contributed by atoms with Crippen LogP contribution in [0, 0.1) is 5.82 Å². The van der Waals surface area contributed by atoms with Gasteiger partial charge in [-0.25, -0.2) is 4.39 Å². The van der Waals surface area contributed by atoms with Gasteiger partial charge in [-0.05, 0) is 17.7 Å². The molecule has 0 amide bonds. The van der Waals surface area contributed by atoms with Crippen molar-refractivity contribution in [2.75, 3.05) is 21.3 Å². The molecule has 0 aromatic heterocycles. The van der Waals surface area contributed by atoms with E-state index in [-0.39, 0.29) is 5.82 Å². The lowest BCUT2D eigenvalue weighted by molar-refractivity contribution is -0.0485. The van der Waals surface area contributed by atoms with E-state index in [9.17, 15) is 4.39 Å². The maximum atomic E-state index is 13.2. The van der Waals surface area contributed by atoms with Crippen LogP contribution in [-0.2, 0) is 16.0 Å². The van der Waals surface area contributed by atoms with Gasteiger partial charge in [-0.1, -0.05) is 0 Å². The zero-order valence-corrected chi connectivity index (χ0v) is 10.1. The highest BCUT2D eigenvalue weighted by Crippen LogP contribution is 2.16. The topological polar surface area (TPSA) is 40.0 Å². The number of methoxy groups -OCH3 is 3. The smallest absolute Gasteiger partial charge is 0.193 e. The van der Waals surface area contributed by atoms with Gasteiger partial charge in [0.1, 0.15) is 11.6 Å². The molecule has 1 aromatic rings. The molecule has 1 aromatic carbocycles. The fourth-order valence-electron chi connectivity index (χ4n) is 1.29. The molecule has 0 saturated heterocycles. The number of ether oxygens (including phenoxy) is 3. The molecule has 0 aliphatic heterocycles. The summed E-state index contributed by atoms with van der Waals surface area (Å²) >= 11 is 0. The van der Waals surface area contributed by atoms with Gasteiger partial charge >= 0.3 is 0 Å². The summed E-state index contributed by atoms with van der Waals surface area (Å²) in [5.74, 6) is 0.134. The van der Waals surface area contributed by atoms with E-state index in [4.69, 9.17) is 14.2 Å². The Hall–Kier alpha value is -1.46. The van der Waals surface area contributed by atoms with Gasteiger partial charge in [0.25, 0.3) is 0 Å². The monoisotopic (exact) mass is 241 g/mol. The highest BCUT2D eigenvalue weighted by molar-refractivity contribution is 5.61. The molecule has 0 radical (unpaired) electrons. The van der Waals surface area contributed by atoms with Crippen molar-refractivity contribution in [3.8, 4) is 5.75 Å². The van der Waals surface area contributed by atoms with E-state index in [0.29, 0.717) is 12.3 Å². The Morgan fingerprint density at radius 3 is 2.53 bits per heavy atom. The Kier molecular flexibility index (Phi) is 5.59. The maximum absolute atomic E-state index is 13.2. The van der Waals surface area contributed by atoms with Crippen molar-refractivity contribution in [2.24, 2.45) is 4.99 Å². The van der Waals surface area contributed by atoms with Crippen LogP contribution in [0.4, 0.5) is 4.39 Å². The zero-order valence-electron chi connectivity index (χ0n) is 10.1. The molecule has 4 nitrogen and oxygen atoms in total. The summed E-state index contributed by atoms with van der Waals surface area (Å²) in [7, 11) is 4.53. The summed E-state index contributed by atoms with van der Waals surface area (Å²) in [6.07, 6.45) is 1.04. The molecule has 0 spiro atoms. The normalized spacial score (nSPS) is 11.4. The number of halogens is 1. The van der Waals surface area contributed by atoms with Crippen molar-refractivity contribution in [1.29, 1.82) is 0 Å². The van der Waals surface area contributed by atoms with Gasteiger partial charge < -0.3 is 14.2 Å². The van der Waals surface area contributed by atoms with Crippen LogP contribution in [0.3, 0.4) is 0 Å². The van der Waals surface area contributed by atoms with Crippen LogP contribution in [0.2, 0.25) is 0 Å². The van der Waals surface area contributed by atoms with E-state index in [2.05, 4.69) is 4.99 Å². The summed E-state index contributed by atoms with van der Waals surface area (Å²) in [4.78, 5) is 4.10. The number of hydrogen-bond donors (Lipinski definition) is 0. The number of rotatable bonds is 6. The molecule has 94 valence electrons.